The van der Waals surface area contributed by atoms with Gasteiger partial charge in [0.1, 0.15) is 0 Å². The molecule has 4 heteroatoms. The minimum Gasteiger partial charge on any atom is -0.393 e. The van der Waals surface area contributed by atoms with Crippen LogP contribution in [0, 0.1) is 11.8 Å². The van der Waals surface area contributed by atoms with Crippen molar-refractivity contribution in [3.63, 3.8) is 0 Å². The van der Waals surface area contributed by atoms with E-state index in [1.54, 1.807) is 0 Å². The highest BCUT2D eigenvalue weighted by Crippen LogP contribution is 2.39. The van der Waals surface area contributed by atoms with Crippen molar-refractivity contribution >= 4 is 5.91 Å². The number of piperidine rings is 1. The zero-order valence-electron chi connectivity index (χ0n) is 10.1. The summed E-state index contributed by atoms with van der Waals surface area (Å²) in [5.41, 5.74) is 5.43. The lowest BCUT2D eigenvalue weighted by Crippen LogP contribution is -2.58. The molecule has 0 aromatic rings. The zero-order chi connectivity index (χ0) is 11.9. The quantitative estimate of drug-likeness (QED) is 0.713. The first-order chi connectivity index (χ1) is 7.43. The standard InChI is InChI=1S/C12H22N2O2/c1-8-7-14(6-5-10(8)15)11(16)12(2,13)9-3-4-9/h8-10,15H,3-7,13H2,1-2H3. The second-order valence-electron chi connectivity index (χ2n) is 5.64. The van der Waals surface area contributed by atoms with Crippen LogP contribution < -0.4 is 5.73 Å². The molecule has 1 aliphatic heterocycles. The lowest BCUT2D eigenvalue weighted by Gasteiger charge is -2.38. The molecule has 3 unspecified atom stereocenters. The molecule has 3 atom stereocenters. The molecule has 1 amide bonds. The molecule has 4 nitrogen and oxygen atoms in total. The summed E-state index contributed by atoms with van der Waals surface area (Å²) in [4.78, 5) is 14.1. The van der Waals surface area contributed by atoms with Gasteiger partial charge in [-0.25, -0.2) is 0 Å². The molecule has 16 heavy (non-hydrogen) atoms. The highest BCUT2D eigenvalue weighted by Gasteiger charge is 2.46. The van der Waals surface area contributed by atoms with Gasteiger partial charge in [-0.3, -0.25) is 4.79 Å². The van der Waals surface area contributed by atoms with Crippen LogP contribution in [0.3, 0.4) is 0 Å². The Hall–Kier alpha value is -0.610. The molecule has 0 aromatic carbocycles. The number of aliphatic hydroxyl groups is 1. The Morgan fingerprint density at radius 3 is 2.56 bits per heavy atom. The number of hydrogen-bond donors (Lipinski definition) is 2. The van der Waals surface area contributed by atoms with Crippen LogP contribution in [-0.2, 0) is 4.79 Å². The van der Waals surface area contributed by atoms with Gasteiger partial charge in [-0.2, -0.15) is 0 Å². The number of amides is 1. The lowest BCUT2D eigenvalue weighted by atomic mass is 9.91. The first-order valence-corrected chi connectivity index (χ1v) is 6.19. The van der Waals surface area contributed by atoms with E-state index in [0.29, 0.717) is 25.4 Å². The number of carbonyl (C=O) groups excluding carboxylic acids is 1. The Bertz CT molecular complexity index is 287. The van der Waals surface area contributed by atoms with E-state index in [4.69, 9.17) is 5.73 Å². The van der Waals surface area contributed by atoms with Crippen molar-refractivity contribution in [1.82, 2.24) is 4.90 Å². The Balaban J connectivity index is 1.99. The number of carbonyl (C=O) groups is 1. The molecule has 0 bridgehead atoms. The van der Waals surface area contributed by atoms with Gasteiger partial charge in [-0.05, 0) is 38.0 Å². The number of likely N-dealkylation sites (tertiary alicyclic amines) is 1. The molecule has 2 fully saturated rings. The van der Waals surface area contributed by atoms with Crippen LogP contribution in [0.15, 0.2) is 0 Å². The summed E-state index contributed by atoms with van der Waals surface area (Å²) >= 11 is 0. The molecule has 1 saturated heterocycles. The van der Waals surface area contributed by atoms with Crippen molar-refractivity contribution in [2.75, 3.05) is 13.1 Å². The summed E-state index contributed by atoms with van der Waals surface area (Å²) < 4.78 is 0. The summed E-state index contributed by atoms with van der Waals surface area (Å²) in [5.74, 6) is 0.587. The van der Waals surface area contributed by atoms with Gasteiger partial charge in [-0.1, -0.05) is 6.92 Å². The van der Waals surface area contributed by atoms with Crippen molar-refractivity contribution < 1.29 is 9.90 Å². The van der Waals surface area contributed by atoms with Gasteiger partial charge in [0, 0.05) is 13.1 Å². The number of rotatable bonds is 2. The van der Waals surface area contributed by atoms with Gasteiger partial charge in [0.15, 0.2) is 0 Å². The van der Waals surface area contributed by atoms with Crippen LogP contribution >= 0.6 is 0 Å². The molecule has 2 rings (SSSR count). The van der Waals surface area contributed by atoms with E-state index in [2.05, 4.69) is 0 Å². The summed E-state index contributed by atoms with van der Waals surface area (Å²) in [7, 11) is 0. The second-order valence-corrected chi connectivity index (χ2v) is 5.64. The van der Waals surface area contributed by atoms with Crippen molar-refractivity contribution in [2.45, 2.75) is 44.8 Å². The Labute approximate surface area is 96.8 Å². The molecule has 92 valence electrons. The first kappa shape index (κ1) is 11.9. The highest BCUT2D eigenvalue weighted by molar-refractivity contribution is 5.86. The molecule has 0 radical (unpaired) electrons. The maximum Gasteiger partial charge on any atom is 0.242 e. The summed E-state index contributed by atoms with van der Waals surface area (Å²) in [6.07, 6.45) is 2.55. The maximum atomic E-state index is 12.3. The van der Waals surface area contributed by atoms with Crippen molar-refractivity contribution in [1.29, 1.82) is 0 Å². The van der Waals surface area contributed by atoms with Gasteiger partial charge in [0.2, 0.25) is 5.91 Å². The number of nitrogens with two attached hydrogens (primary N) is 1. The van der Waals surface area contributed by atoms with Gasteiger partial charge < -0.3 is 15.7 Å². The molecule has 1 heterocycles. The Kier molecular flexibility index (Phi) is 2.97. The van der Waals surface area contributed by atoms with Crippen LogP contribution in [0.2, 0.25) is 0 Å². The topological polar surface area (TPSA) is 66.6 Å². The molecular formula is C12H22N2O2. The van der Waals surface area contributed by atoms with E-state index >= 15 is 0 Å². The molecule has 1 aliphatic carbocycles. The average Bonchev–Trinajstić information content (AvgIpc) is 3.04. The minimum atomic E-state index is -0.692. The van der Waals surface area contributed by atoms with E-state index in [-0.39, 0.29) is 17.9 Å². The van der Waals surface area contributed by atoms with E-state index in [9.17, 15) is 9.90 Å². The molecule has 3 N–H and O–H groups in total. The van der Waals surface area contributed by atoms with Crippen molar-refractivity contribution in [3.05, 3.63) is 0 Å². The predicted octanol–water partition coefficient (Wildman–Crippen LogP) is 0.343. The SMILES string of the molecule is CC1CN(C(=O)C(C)(N)C2CC2)CCC1O. The summed E-state index contributed by atoms with van der Waals surface area (Å²) in [5, 5.41) is 9.63. The van der Waals surface area contributed by atoms with E-state index in [1.165, 1.54) is 0 Å². The van der Waals surface area contributed by atoms with Gasteiger partial charge in [-0.15, -0.1) is 0 Å². The molecule has 2 aliphatic rings. The van der Waals surface area contributed by atoms with Gasteiger partial charge in [0.05, 0.1) is 11.6 Å². The Morgan fingerprint density at radius 1 is 1.44 bits per heavy atom. The fourth-order valence-electron chi connectivity index (χ4n) is 2.52. The van der Waals surface area contributed by atoms with Crippen LogP contribution in [-0.4, -0.2) is 40.6 Å². The highest BCUT2D eigenvalue weighted by atomic mass is 16.3. The van der Waals surface area contributed by atoms with Gasteiger partial charge in [0.25, 0.3) is 0 Å². The molecular weight excluding hydrogens is 204 g/mol. The molecule has 0 spiro atoms. The van der Waals surface area contributed by atoms with Crippen molar-refractivity contribution in [2.24, 2.45) is 17.6 Å². The van der Waals surface area contributed by atoms with Crippen LogP contribution in [0.5, 0.6) is 0 Å². The van der Waals surface area contributed by atoms with Gasteiger partial charge >= 0.3 is 0 Å². The molecule has 0 aromatic heterocycles. The minimum absolute atomic E-state index is 0.0637. The third kappa shape index (κ3) is 2.09. The average molecular weight is 226 g/mol. The fraction of sp³-hybridized carbons (Fsp3) is 0.917. The third-order valence-electron chi connectivity index (χ3n) is 4.03. The third-order valence-corrected chi connectivity index (χ3v) is 4.03. The molecule has 1 saturated carbocycles. The van der Waals surface area contributed by atoms with Crippen LogP contribution in [0.4, 0.5) is 0 Å². The monoisotopic (exact) mass is 226 g/mol. The predicted molar refractivity (Wildman–Crippen MR) is 61.7 cm³/mol. The lowest BCUT2D eigenvalue weighted by molar-refractivity contribution is -0.140. The number of hydrogen-bond acceptors (Lipinski definition) is 3. The number of aliphatic hydroxyl groups excluding tert-OH is 1. The zero-order valence-corrected chi connectivity index (χ0v) is 10.1. The second kappa shape index (κ2) is 4.00. The van der Waals surface area contributed by atoms with Crippen LogP contribution in [0.25, 0.3) is 0 Å². The smallest absolute Gasteiger partial charge is 0.242 e. The normalized spacial score (nSPS) is 34.6. The largest absolute Gasteiger partial charge is 0.393 e. The Morgan fingerprint density at radius 2 is 2.06 bits per heavy atom. The van der Waals surface area contributed by atoms with E-state index in [1.807, 2.05) is 18.7 Å². The van der Waals surface area contributed by atoms with Crippen molar-refractivity contribution in [3.8, 4) is 0 Å². The number of nitrogens with zero attached hydrogens (tertiary/aromatic N) is 1. The fourth-order valence-corrected chi connectivity index (χ4v) is 2.52. The van der Waals surface area contributed by atoms with E-state index in [0.717, 1.165) is 12.8 Å². The first-order valence-electron chi connectivity index (χ1n) is 6.19. The summed E-state index contributed by atoms with van der Waals surface area (Å²) in [6.45, 7) is 5.11. The summed E-state index contributed by atoms with van der Waals surface area (Å²) in [6, 6.07) is 0. The maximum absolute atomic E-state index is 12.3. The van der Waals surface area contributed by atoms with Crippen LogP contribution in [0.1, 0.15) is 33.1 Å². The van der Waals surface area contributed by atoms with E-state index < -0.39 is 5.54 Å².